The minimum Gasteiger partial charge on any atom is -0.212 e. The van der Waals surface area contributed by atoms with Crippen LogP contribution in [-0.2, 0) is 0 Å². The second-order valence-corrected chi connectivity index (χ2v) is 6.88. The van der Waals surface area contributed by atoms with E-state index in [1.807, 2.05) is 0 Å². The number of hydrogen-bond acceptors (Lipinski definition) is 0. The summed E-state index contributed by atoms with van der Waals surface area (Å²) in [4.78, 5) is 0. The molecule has 0 N–H and O–H groups in total. The van der Waals surface area contributed by atoms with Gasteiger partial charge in [0.1, 0.15) is 5.83 Å². The zero-order valence-electron chi connectivity index (χ0n) is 13.2. The van der Waals surface area contributed by atoms with Gasteiger partial charge in [-0.1, -0.05) is 12.2 Å². The second-order valence-electron chi connectivity index (χ2n) is 6.88. The first kappa shape index (κ1) is 17.6. The number of halogens is 4. The normalized spacial score (nSPS) is 35.0. The smallest absolute Gasteiger partial charge is 0.212 e. The summed E-state index contributed by atoms with van der Waals surface area (Å²) < 4.78 is 50.2. The fourth-order valence-corrected chi connectivity index (χ4v) is 4.22. The van der Waals surface area contributed by atoms with Crippen LogP contribution in [0.15, 0.2) is 24.1 Å². The predicted octanol–water partition coefficient (Wildman–Crippen LogP) is 6.59. The van der Waals surface area contributed by atoms with Gasteiger partial charge in [0.25, 0.3) is 0 Å². The first-order valence-electron chi connectivity index (χ1n) is 8.47. The Morgan fingerprint density at radius 3 is 1.82 bits per heavy atom. The Morgan fingerprint density at radius 1 is 0.864 bits per heavy atom. The van der Waals surface area contributed by atoms with Crippen molar-refractivity contribution in [3.05, 3.63) is 24.1 Å². The Balaban J connectivity index is 1.79. The molecular weight excluding hydrogens is 292 g/mol. The summed E-state index contributed by atoms with van der Waals surface area (Å²) in [7, 11) is 0. The SMILES string of the molecule is CC=CC1CCC(C2CCC(C(F)=CC(F)(F)F)CC2)CC1. The number of alkyl halides is 3. The second kappa shape index (κ2) is 7.65. The molecule has 0 aromatic heterocycles. The van der Waals surface area contributed by atoms with Crippen LogP contribution in [0, 0.1) is 23.7 Å². The van der Waals surface area contributed by atoms with Crippen LogP contribution in [0.25, 0.3) is 0 Å². The van der Waals surface area contributed by atoms with E-state index < -0.39 is 17.9 Å². The van der Waals surface area contributed by atoms with Crippen molar-refractivity contribution in [3.8, 4) is 0 Å². The molecule has 0 aromatic carbocycles. The minimum atomic E-state index is -4.54. The number of allylic oxidation sites excluding steroid dienone is 4. The van der Waals surface area contributed by atoms with Gasteiger partial charge in [-0.3, -0.25) is 0 Å². The van der Waals surface area contributed by atoms with Gasteiger partial charge in [0.2, 0.25) is 0 Å². The van der Waals surface area contributed by atoms with Crippen molar-refractivity contribution in [1.82, 2.24) is 0 Å². The molecule has 0 atom stereocenters. The molecule has 2 saturated carbocycles. The van der Waals surface area contributed by atoms with Crippen LogP contribution in [0.5, 0.6) is 0 Å². The van der Waals surface area contributed by atoms with Gasteiger partial charge in [0.15, 0.2) is 0 Å². The molecule has 0 radical (unpaired) electrons. The highest BCUT2D eigenvalue weighted by molar-refractivity contribution is 5.03. The van der Waals surface area contributed by atoms with Crippen LogP contribution in [-0.4, -0.2) is 6.18 Å². The van der Waals surface area contributed by atoms with Crippen molar-refractivity contribution in [2.24, 2.45) is 23.7 Å². The van der Waals surface area contributed by atoms with E-state index in [9.17, 15) is 17.6 Å². The summed E-state index contributed by atoms with van der Waals surface area (Å²) in [5.41, 5.74) is 0. The molecule has 2 rings (SSSR count). The van der Waals surface area contributed by atoms with Crippen LogP contribution in [0.1, 0.15) is 58.3 Å². The van der Waals surface area contributed by atoms with Crippen molar-refractivity contribution in [1.29, 1.82) is 0 Å². The molecular formula is C18H26F4. The summed E-state index contributed by atoms with van der Waals surface area (Å²) in [6.07, 6.45) is 7.47. The average Bonchev–Trinajstić information content (AvgIpc) is 2.47. The van der Waals surface area contributed by atoms with Crippen LogP contribution in [0.2, 0.25) is 0 Å². The van der Waals surface area contributed by atoms with Gasteiger partial charge in [-0.2, -0.15) is 13.2 Å². The van der Waals surface area contributed by atoms with E-state index in [0.717, 1.165) is 12.8 Å². The molecule has 2 fully saturated rings. The maximum atomic E-state index is 13.6. The van der Waals surface area contributed by atoms with Gasteiger partial charge in [-0.15, -0.1) is 0 Å². The zero-order valence-corrected chi connectivity index (χ0v) is 13.2. The first-order valence-corrected chi connectivity index (χ1v) is 8.47. The quantitative estimate of drug-likeness (QED) is 0.406. The van der Waals surface area contributed by atoms with E-state index >= 15 is 0 Å². The third kappa shape index (κ3) is 5.13. The summed E-state index contributed by atoms with van der Waals surface area (Å²) in [5.74, 6) is 0.489. The summed E-state index contributed by atoms with van der Waals surface area (Å²) in [6, 6.07) is 0. The fourth-order valence-electron chi connectivity index (χ4n) is 4.22. The van der Waals surface area contributed by atoms with Gasteiger partial charge < -0.3 is 0 Å². The highest BCUT2D eigenvalue weighted by Gasteiger charge is 2.33. The molecule has 2 aliphatic rings. The molecule has 2 aliphatic carbocycles. The molecule has 0 amide bonds. The lowest BCUT2D eigenvalue weighted by Gasteiger charge is -2.37. The van der Waals surface area contributed by atoms with Crippen LogP contribution < -0.4 is 0 Å². The molecule has 0 aromatic rings. The summed E-state index contributed by atoms with van der Waals surface area (Å²) >= 11 is 0. The van der Waals surface area contributed by atoms with Crippen LogP contribution in [0.3, 0.4) is 0 Å². The van der Waals surface area contributed by atoms with Gasteiger partial charge in [0, 0.05) is 5.92 Å². The molecule has 0 bridgehead atoms. The first-order chi connectivity index (χ1) is 10.4. The highest BCUT2D eigenvalue weighted by Crippen LogP contribution is 2.43. The Morgan fingerprint density at radius 2 is 1.36 bits per heavy atom. The van der Waals surface area contributed by atoms with Gasteiger partial charge in [-0.25, -0.2) is 4.39 Å². The standard InChI is InChI=1S/C18H26F4/c1-2-3-13-4-6-14(7-5-13)15-8-10-16(11-9-15)17(19)12-18(20,21)22/h2-3,12-16H,4-11H2,1H3. The Bertz CT molecular complexity index is 392. The lowest BCUT2D eigenvalue weighted by atomic mass is 9.69. The van der Waals surface area contributed by atoms with Crippen molar-refractivity contribution in [2.45, 2.75) is 64.5 Å². The Kier molecular flexibility index (Phi) is 6.10. The average molecular weight is 318 g/mol. The zero-order chi connectivity index (χ0) is 16.2. The molecule has 0 unspecified atom stereocenters. The van der Waals surface area contributed by atoms with E-state index in [4.69, 9.17) is 0 Å². The molecule has 0 saturated heterocycles. The molecule has 0 heterocycles. The van der Waals surface area contributed by atoms with E-state index in [2.05, 4.69) is 19.1 Å². The minimum absolute atomic E-state index is 0.152. The topological polar surface area (TPSA) is 0 Å². The maximum absolute atomic E-state index is 13.6. The number of hydrogen-bond donors (Lipinski definition) is 0. The Labute approximate surface area is 130 Å². The third-order valence-corrected chi connectivity index (χ3v) is 5.41. The lowest BCUT2D eigenvalue weighted by Crippen LogP contribution is -2.26. The van der Waals surface area contributed by atoms with Crippen molar-refractivity contribution >= 4 is 0 Å². The fraction of sp³-hybridized carbons (Fsp3) is 0.778. The lowest BCUT2D eigenvalue weighted by molar-refractivity contribution is -0.0821. The van der Waals surface area contributed by atoms with Crippen LogP contribution >= 0.6 is 0 Å². The van der Waals surface area contributed by atoms with Crippen LogP contribution in [0.4, 0.5) is 17.6 Å². The van der Waals surface area contributed by atoms with Gasteiger partial charge >= 0.3 is 6.18 Å². The molecule has 0 spiro atoms. The van der Waals surface area contributed by atoms with E-state index in [0.29, 0.717) is 30.6 Å². The predicted molar refractivity (Wildman–Crippen MR) is 81.0 cm³/mol. The van der Waals surface area contributed by atoms with Crippen molar-refractivity contribution < 1.29 is 17.6 Å². The van der Waals surface area contributed by atoms with E-state index in [1.54, 1.807) is 0 Å². The molecule has 126 valence electrons. The monoisotopic (exact) mass is 318 g/mol. The molecule has 4 heteroatoms. The van der Waals surface area contributed by atoms with Crippen molar-refractivity contribution in [2.75, 3.05) is 0 Å². The molecule has 0 aliphatic heterocycles. The van der Waals surface area contributed by atoms with E-state index in [1.165, 1.54) is 25.7 Å². The summed E-state index contributed by atoms with van der Waals surface area (Å²) in [5, 5.41) is 0. The van der Waals surface area contributed by atoms with Gasteiger partial charge in [-0.05, 0) is 76.0 Å². The molecule has 0 nitrogen and oxygen atoms in total. The maximum Gasteiger partial charge on any atom is 0.412 e. The van der Waals surface area contributed by atoms with E-state index in [-0.39, 0.29) is 6.08 Å². The summed E-state index contributed by atoms with van der Waals surface area (Å²) in [6.45, 7) is 2.05. The van der Waals surface area contributed by atoms with Gasteiger partial charge in [0.05, 0.1) is 6.08 Å². The number of rotatable bonds is 3. The molecule has 22 heavy (non-hydrogen) atoms. The third-order valence-electron chi connectivity index (χ3n) is 5.41. The highest BCUT2D eigenvalue weighted by atomic mass is 19.4. The Hall–Kier alpha value is -0.800. The van der Waals surface area contributed by atoms with Crippen molar-refractivity contribution in [3.63, 3.8) is 0 Å². The largest absolute Gasteiger partial charge is 0.412 e.